The van der Waals surface area contributed by atoms with Crippen molar-refractivity contribution in [2.45, 2.75) is 39.4 Å². The van der Waals surface area contributed by atoms with Gasteiger partial charge in [-0.15, -0.1) is 0 Å². The van der Waals surface area contributed by atoms with Crippen molar-refractivity contribution in [3.63, 3.8) is 0 Å². The average molecular weight is 278 g/mol. The topological polar surface area (TPSA) is 72.6 Å². The van der Waals surface area contributed by atoms with Crippen LogP contribution < -0.4 is 10.6 Å². The van der Waals surface area contributed by atoms with Crippen LogP contribution in [0.5, 0.6) is 0 Å². The van der Waals surface area contributed by atoms with Gasteiger partial charge in [0.2, 0.25) is 11.8 Å². The van der Waals surface area contributed by atoms with Crippen LogP contribution in [0.3, 0.4) is 0 Å². The van der Waals surface area contributed by atoms with Gasteiger partial charge in [-0.1, -0.05) is 12.1 Å². The van der Waals surface area contributed by atoms with Crippen LogP contribution in [0.25, 0.3) is 0 Å². The highest BCUT2D eigenvalue weighted by Crippen LogP contribution is 2.17. The van der Waals surface area contributed by atoms with E-state index >= 15 is 0 Å². The van der Waals surface area contributed by atoms with Crippen LogP contribution in [0, 0.1) is 0 Å². The zero-order chi connectivity index (χ0) is 15.3. The molecule has 1 aromatic rings. The summed E-state index contributed by atoms with van der Waals surface area (Å²) in [4.78, 5) is 23.8. The molecule has 1 aromatic carbocycles. The fourth-order valence-corrected chi connectivity index (χ4v) is 1.53. The van der Waals surface area contributed by atoms with E-state index < -0.39 is 5.91 Å². The highest BCUT2D eigenvalue weighted by molar-refractivity contribution is 6.04. The van der Waals surface area contributed by atoms with E-state index in [0.717, 1.165) is 11.3 Å². The molecule has 2 amide bonds. The molecule has 0 bridgehead atoms. The van der Waals surface area contributed by atoms with Crippen molar-refractivity contribution in [2.24, 2.45) is 5.73 Å². The molecule has 0 fully saturated rings. The summed E-state index contributed by atoms with van der Waals surface area (Å²) in [7, 11) is 1.62. The zero-order valence-corrected chi connectivity index (χ0v) is 12.5. The molecular formula is C15H22N2O3. The van der Waals surface area contributed by atoms with E-state index in [-0.39, 0.29) is 17.9 Å². The Morgan fingerprint density at radius 2 is 1.75 bits per heavy atom. The van der Waals surface area contributed by atoms with Crippen LogP contribution in [0.2, 0.25) is 0 Å². The van der Waals surface area contributed by atoms with Crippen LogP contribution in [-0.2, 0) is 20.9 Å². The van der Waals surface area contributed by atoms with Crippen molar-refractivity contribution in [1.29, 1.82) is 0 Å². The fraction of sp³-hybridized carbons (Fsp3) is 0.467. The van der Waals surface area contributed by atoms with Gasteiger partial charge in [-0.25, -0.2) is 0 Å². The van der Waals surface area contributed by atoms with Crippen LogP contribution in [-0.4, -0.2) is 24.5 Å². The van der Waals surface area contributed by atoms with E-state index in [1.807, 2.05) is 45.0 Å². The van der Waals surface area contributed by atoms with Crippen molar-refractivity contribution >= 4 is 17.5 Å². The van der Waals surface area contributed by atoms with Crippen molar-refractivity contribution in [1.82, 2.24) is 0 Å². The summed E-state index contributed by atoms with van der Waals surface area (Å²) in [6.07, 6.45) is -0.286. The summed E-state index contributed by atoms with van der Waals surface area (Å²) in [5.74, 6) is -0.951. The number of nitrogens with zero attached hydrogens (tertiary/aromatic N) is 1. The highest BCUT2D eigenvalue weighted by atomic mass is 16.5. The first-order chi connectivity index (χ1) is 9.19. The van der Waals surface area contributed by atoms with Crippen molar-refractivity contribution in [3.8, 4) is 0 Å². The number of ether oxygens (including phenoxy) is 1. The number of amides is 2. The Bertz CT molecular complexity index is 475. The number of primary amides is 1. The predicted octanol–water partition coefficient (Wildman–Crippen LogP) is 1.84. The molecule has 110 valence electrons. The Labute approximate surface area is 119 Å². The van der Waals surface area contributed by atoms with E-state index in [0.29, 0.717) is 6.61 Å². The van der Waals surface area contributed by atoms with Gasteiger partial charge in [0.1, 0.15) is 6.42 Å². The normalized spacial score (nSPS) is 11.2. The summed E-state index contributed by atoms with van der Waals surface area (Å²) in [6, 6.07) is 7.44. The standard InChI is InChI=1S/C15H22N2O3/c1-15(2,3)20-10-11-5-7-12(8-6-11)17(4)14(19)9-13(16)18/h5-8H,9-10H2,1-4H3,(H2,16,18). The minimum atomic E-state index is -0.628. The Balaban J connectivity index is 2.66. The summed E-state index contributed by atoms with van der Waals surface area (Å²) < 4.78 is 5.67. The molecule has 1 rings (SSSR count). The molecule has 0 aliphatic heterocycles. The Morgan fingerprint density at radius 3 is 2.20 bits per heavy atom. The second-order valence-electron chi connectivity index (χ2n) is 5.66. The quantitative estimate of drug-likeness (QED) is 0.835. The van der Waals surface area contributed by atoms with E-state index in [1.54, 1.807) is 7.05 Å². The third-order valence-electron chi connectivity index (χ3n) is 2.70. The second kappa shape index (κ2) is 6.52. The van der Waals surface area contributed by atoms with Crippen LogP contribution in [0.15, 0.2) is 24.3 Å². The third kappa shape index (κ3) is 5.40. The number of carbonyl (C=O) groups excluding carboxylic acids is 2. The number of hydrogen-bond donors (Lipinski definition) is 1. The number of anilines is 1. The number of carbonyl (C=O) groups is 2. The molecule has 20 heavy (non-hydrogen) atoms. The monoisotopic (exact) mass is 278 g/mol. The molecule has 0 aliphatic carbocycles. The lowest BCUT2D eigenvalue weighted by Crippen LogP contribution is -2.30. The van der Waals surface area contributed by atoms with Gasteiger partial charge in [-0.2, -0.15) is 0 Å². The van der Waals surface area contributed by atoms with Crippen LogP contribution >= 0.6 is 0 Å². The maximum atomic E-state index is 11.7. The maximum absolute atomic E-state index is 11.7. The van der Waals surface area contributed by atoms with Crippen LogP contribution in [0.4, 0.5) is 5.69 Å². The lowest BCUT2D eigenvalue weighted by molar-refractivity contribution is -0.125. The minimum Gasteiger partial charge on any atom is -0.371 e. The first kappa shape index (κ1) is 16.2. The van der Waals surface area contributed by atoms with Gasteiger partial charge in [0.05, 0.1) is 12.2 Å². The molecule has 0 saturated heterocycles. The maximum Gasteiger partial charge on any atom is 0.236 e. The van der Waals surface area contributed by atoms with Gasteiger partial charge < -0.3 is 15.4 Å². The molecule has 5 heteroatoms. The molecular weight excluding hydrogens is 256 g/mol. The molecule has 2 N–H and O–H groups in total. The van der Waals surface area contributed by atoms with Crippen LogP contribution in [0.1, 0.15) is 32.8 Å². The van der Waals surface area contributed by atoms with Gasteiger partial charge in [0.25, 0.3) is 0 Å². The summed E-state index contributed by atoms with van der Waals surface area (Å²) in [5.41, 5.74) is 6.57. The smallest absolute Gasteiger partial charge is 0.236 e. The Kier molecular flexibility index (Phi) is 5.27. The summed E-state index contributed by atoms with van der Waals surface area (Å²) in [5, 5.41) is 0. The van der Waals surface area contributed by atoms with E-state index in [4.69, 9.17) is 10.5 Å². The molecule has 0 spiro atoms. The Morgan fingerprint density at radius 1 is 1.20 bits per heavy atom. The van der Waals surface area contributed by atoms with E-state index in [1.165, 1.54) is 4.90 Å². The fourth-order valence-electron chi connectivity index (χ4n) is 1.53. The van der Waals surface area contributed by atoms with Gasteiger partial charge in [-0.3, -0.25) is 9.59 Å². The molecule has 0 aliphatic rings. The van der Waals surface area contributed by atoms with Crippen molar-refractivity contribution < 1.29 is 14.3 Å². The van der Waals surface area contributed by atoms with Gasteiger partial charge in [-0.05, 0) is 38.5 Å². The largest absolute Gasteiger partial charge is 0.371 e. The van der Waals surface area contributed by atoms with E-state index in [2.05, 4.69) is 0 Å². The molecule has 0 atom stereocenters. The predicted molar refractivity (Wildman–Crippen MR) is 78.2 cm³/mol. The summed E-state index contributed by atoms with van der Waals surface area (Å²) in [6.45, 7) is 6.51. The minimum absolute atomic E-state index is 0.188. The number of nitrogens with two attached hydrogens (primary N) is 1. The second-order valence-corrected chi connectivity index (χ2v) is 5.66. The van der Waals surface area contributed by atoms with Crippen molar-refractivity contribution in [2.75, 3.05) is 11.9 Å². The summed E-state index contributed by atoms with van der Waals surface area (Å²) >= 11 is 0. The Hall–Kier alpha value is -1.88. The van der Waals surface area contributed by atoms with Gasteiger partial charge in [0, 0.05) is 12.7 Å². The lowest BCUT2D eigenvalue weighted by atomic mass is 10.1. The molecule has 0 aromatic heterocycles. The zero-order valence-electron chi connectivity index (χ0n) is 12.5. The average Bonchev–Trinajstić information content (AvgIpc) is 2.34. The first-order valence-corrected chi connectivity index (χ1v) is 6.47. The van der Waals surface area contributed by atoms with E-state index in [9.17, 15) is 9.59 Å². The molecule has 0 radical (unpaired) electrons. The SMILES string of the molecule is CN(C(=O)CC(N)=O)c1ccc(COC(C)(C)C)cc1. The number of rotatable bonds is 5. The number of benzene rings is 1. The third-order valence-corrected chi connectivity index (χ3v) is 2.70. The van der Waals surface area contributed by atoms with Gasteiger partial charge in [0.15, 0.2) is 0 Å². The highest BCUT2D eigenvalue weighted by Gasteiger charge is 2.14. The molecule has 0 saturated carbocycles. The van der Waals surface area contributed by atoms with Crippen molar-refractivity contribution in [3.05, 3.63) is 29.8 Å². The first-order valence-electron chi connectivity index (χ1n) is 6.47. The van der Waals surface area contributed by atoms with Gasteiger partial charge >= 0.3 is 0 Å². The molecule has 0 unspecified atom stereocenters. The molecule has 5 nitrogen and oxygen atoms in total. The number of hydrogen-bond acceptors (Lipinski definition) is 3. The molecule has 0 heterocycles. The lowest BCUT2D eigenvalue weighted by Gasteiger charge is -2.20.